The van der Waals surface area contributed by atoms with Crippen molar-refractivity contribution in [2.24, 2.45) is 0 Å². The second-order valence-electron chi connectivity index (χ2n) is 7.80. The van der Waals surface area contributed by atoms with Crippen molar-refractivity contribution in [2.45, 2.75) is 45.8 Å². The molecule has 0 aromatic heterocycles. The number of nitrogens with zero attached hydrogens (tertiary/aromatic N) is 1. The van der Waals surface area contributed by atoms with Crippen LogP contribution in [-0.2, 0) is 16.1 Å². The van der Waals surface area contributed by atoms with Crippen molar-refractivity contribution in [3.8, 4) is 23.0 Å². The van der Waals surface area contributed by atoms with Gasteiger partial charge in [-0.3, -0.25) is 9.59 Å². The van der Waals surface area contributed by atoms with E-state index in [1.54, 1.807) is 44.4 Å². The molecule has 0 radical (unpaired) electrons. The molecule has 0 fully saturated rings. The van der Waals surface area contributed by atoms with E-state index in [4.69, 9.17) is 18.9 Å². The number of rotatable bonds is 12. The zero-order valence-electron chi connectivity index (χ0n) is 20.2. The summed E-state index contributed by atoms with van der Waals surface area (Å²) in [6.07, 6.45) is 0.460. The van der Waals surface area contributed by atoms with E-state index in [1.165, 1.54) is 0 Å². The van der Waals surface area contributed by atoms with Gasteiger partial charge in [-0.25, -0.2) is 0 Å². The first-order valence-corrected chi connectivity index (χ1v) is 10.9. The standard InChI is InChI=1S/C25H34N2O6/c1-7-23(25(29)26-17(2)3)27(15-18-9-8-10-19(11-18)30-4)24(28)16-33-22-13-20(31-5)12-21(14-22)32-6/h8-14,17,23H,7,15-16H2,1-6H3,(H,26,29)/t23-/m1/s1. The van der Waals surface area contributed by atoms with Gasteiger partial charge in [-0.05, 0) is 38.0 Å². The molecular weight excluding hydrogens is 424 g/mol. The lowest BCUT2D eigenvalue weighted by molar-refractivity contribution is -0.143. The molecule has 0 aliphatic rings. The highest BCUT2D eigenvalue weighted by atomic mass is 16.5. The minimum absolute atomic E-state index is 0.0409. The number of hydrogen-bond acceptors (Lipinski definition) is 6. The molecule has 0 unspecified atom stereocenters. The Bertz CT molecular complexity index is 909. The molecule has 180 valence electrons. The smallest absolute Gasteiger partial charge is 0.261 e. The van der Waals surface area contributed by atoms with Crippen molar-refractivity contribution in [1.29, 1.82) is 0 Å². The van der Waals surface area contributed by atoms with Gasteiger partial charge in [0.2, 0.25) is 5.91 Å². The van der Waals surface area contributed by atoms with E-state index in [2.05, 4.69) is 5.32 Å². The van der Waals surface area contributed by atoms with E-state index in [0.29, 0.717) is 29.4 Å². The van der Waals surface area contributed by atoms with Crippen LogP contribution >= 0.6 is 0 Å². The first-order chi connectivity index (χ1) is 15.8. The molecule has 2 aromatic carbocycles. The lowest BCUT2D eigenvalue weighted by atomic mass is 10.1. The largest absolute Gasteiger partial charge is 0.497 e. The Kier molecular flexibility index (Phi) is 9.84. The number of carbonyl (C=O) groups is 2. The van der Waals surface area contributed by atoms with Gasteiger partial charge in [-0.15, -0.1) is 0 Å². The summed E-state index contributed by atoms with van der Waals surface area (Å²) < 4.78 is 21.6. The van der Waals surface area contributed by atoms with Crippen LogP contribution in [0, 0.1) is 0 Å². The van der Waals surface area contributed by atoms with Crippen molar-refractivity contribution in [3.05, 3.63) is 48.0 Å². The number of ether oxygens (including phenoxy) is 4. The van der Waals surface area contributed by atoms with E-state index in [9.17, 15) is 9.59 Å². The fourth-order valence-corrected chi connectivity index (χ4v) is 3.36. The molecule has 0 heterocycles. The number of methoxy groups -OCH3 is 3. The molecule has 8 heteroatoms. The van der Waals surface area contributed by atoms with Crippen molar-refractivity contribution >= 4 is 11.8 Å². The van der Waals surface area contributed by atoms with Crippen molar-refractivity contribution in [1.82, 2.24) is 10.2 Å². The monoisotopic (exact) mass is 458 g/mol. The van der Waals surface area contributed by atoms with E-state index in [1.807, 2.05) is 45.0 Å². The quantitative estimate of drug-likeness (QED) is 0.525. The van der Waals surface area contributed by atoms with Crippen molar-refractivity contribution in [2.75, 3.05) is 27.9 Å². The number of carbonyl (C=O) groups excluding carboxylic acids is 2. The van der Waals surface area contributed by atoms with Crippen LogP contribution in [0.1, 0.15) is 32.8 Å². The summed E-state index contributed by atoms with van der Waals surface area (Å²) in [6, 6.07) is 11.8. The summed E-state index contributed by atoms with van der Waals surface area (Å²) in [6.45, 7) is 5.65. The summed E-state index contributed by atoms with van der Waals surface area (Å²) in [5.41, 5.74) is 0.849. The maximum absolute atomic E-state index is 13.3. The Labute approximate surface area is 195 Å². The average Bonchev–Trinajstić information content (AvgIpc) is 2.81. The first kappa shape index (κ1) is 25.8. The van der Waals surface area contributed by atoms with E-state index in [-0.39, 0.29) is 31.0 Å². The Morgan fingerprint density at radius 1 is 0.909 bits per heavy atom. The Hall–Kier alpha value is -3.42. The van der Waals surface area contributed by atoms with Crippen LogP contribution in [-0.4, -0.2) is 56.7 Å². The predicted octanol–water partition coefficient (Wildman–Crippen LogP) is 3.42. The van der Waals surface area contributed by atoms with E-state index in [0.717, 1.165) is 5.56 Å². The Morgan fingerprint density at radius 2 is 1.52 bits per heavy atom. The van der Waals surface area contributed by atoms with Crippen LogP contribution in [0.15, 0.2) is 42.5 Å². The molecular formula is C25H34N2O6. The summed E-state index contributed by atoms with van der Waals surface area (Å²) in [7, 11) is 4.67. The fraction of sp³-hybridized carbons (Fsp3) is 0.440. The van der Waals surface area contributed by atoms with Crippen LogP contribution in [0.5, 0.6) is 23.0 Å². The second-order valence-corrected chi connectivity index (χ2v) is 7.80. The molecule has 0 bridgehead atoms. The summed E-state index contributed by atoms with van der Waals surface area (Å²) in [5, 5.41) is 2.91. The van der Waals surface area contributed by atoms with Crippen LogP contribution < -0.4 is 24.3 Å². The van der Waals surface area contributed by atoms with Crippen LogP contribution in [0.3, 0.4) is 0 Å². The van der Waals surface area contributed by atoms with Gasteiger partial charge in [-0.2, -0.15) is 0 Å². The third kappa shape index (κ3) is 7.59. The highest BCUT2D eigenvalue weighted by Gasteiger charge is 2.29. The Morgan fingerprint density at radius 3 is 2.06 bits per heavy atom. The zero-order chi connectivity index (χ0) is 24.4. The van der Waals surface area contributed by atoms with Gasteiger partial charge in [0, 0.05) is 30.8 Å². The van der Waals surface area contributed by atoms with Gasteiger partial charge >= 0.3 is 0 Å². The molecule has 2 aromatic rings. The number of amides is 2. The number of hydrogen-bond donors (Lipinski definition) is 1. The fourth-order valence-electron chi connectivity index (χ4n) is 3.36. The van der Waals surface area contributed by atoms with Gasteiger partial charge in [0.1, 0.15) is 29.0 Å². The van der Waals surface area contributed by atoms with Crippen LogP contribution in [0.2, 0.25) is 0 Å². The topological polar surface area (TPSA) is 86.3 Å². The van der Waals surface area contributed by atoms with E-state index < -0.39 is 6.04 Å². The number of benzene rings is 2. The third-order valence-electron chi connectivity index (χ3n) is 4.99. The molecule has 0 saturated carbocycles. The molecule has 8 nitrogen and oxygen atoms in total. The highest BCUT2D eigenvalue weighted by molar-refractivity contribution is 5.88. The zero-order valence-corrected chi connectivity index (χ0v) is 20.2. The average molecular weight is 459 g/mol. The second kappa shape index (κ2) is 12.6. The van der Waals surface area contributed by atoms with E-state index >= 15 is 0 Å². The van der Waals surface area contributed by atoms with Crippen LogP contribution in [0.4, 0.5) is 0 Å². The summed E-state index contributed by atoms with van der Waals surface area (Å²) in [5.74, 6) is 1.69. The van der Waals surface area contributed by atoms with Crippen LogP contribution in [0.25, 0.3) is 0 Å². The molecule has 2 amide bonds. The molecule has 0 saturated heterocycles. The van der Waals surface area contributed by atoms with Crippen molar-refractivity contribution in [3.63, 3.8) is 0 Å². The lowest BCUT2D eigenvalue weighted by Crippen LogP contribution is -2.51. The lowest BCUT2D eigenvalue weighted by Gasteiger charge is -2.31. The normalized spacial score (nSPS) is 11.5. The van der Waals surface area contributed by atoms with Gasteiger partial charge < -0.3 is 29.2 Å². The van der Waals surface area contributed by atoms with Gasteiger partial charge in [0.25, 0.3) is 5.91 Å². The summed E-state index contributed by atoms with van der Waals surface area (Å²) >= 11 is 0. The molecule has 0 spiro atoms. The molecule has 0 aliphatic heterocycles. The summed E-state index contributed by atoms with van der Waals surface area (Å²) in [4.78, 5) is 27.7. The molecule has 1 atom stereocenters. The molecule has 2 rings (SSSR count). The highest BCUT2D eigenvalue weighted by Crippen LogP contribution is 2.27. The minimum Gasteiger partial charge on any atom is -0.497 e. The number of nitrogens with one attached hydrogen (secondary N) is 1. The molecule has 33 heavy (non-hydrogen) atoms. The SMILES string of the molecule is CC[C@H](C(=O)NC(C)C)N(Cc1cccc(OC)c1)C(=O)COc1cc(OC)cc(OC)c1. The maximum Gasteiger partial charge on any atom is 0.261 e. The Balaban J connectivity index is 2.27. The predicted molar refractivity (Wildman–Crippen MR) is 126 cm³/mol. The first-order valence-electron chi connectivity index (χ1n) is 10.9. The van der Waals surface area contributed by atoms with Gasteiger partial charge in [0.05, 0.1) is 21.3 Å². The maximum atomic E-state index is 13.3. The van der Waals surface area contributed by atoms with Gasteiger partial charge in [0.15, 0.2) is 6.61 Å². The molecule has 1 N–H and O–H groups in total. The van der Waals surface area contributed by atoms with Gasteiger partial charge in [-0.1, -0.05) is 19.1 Å². The minimum atomic E-state index is -0.644. The molecule has 0 aliphatic carbocycles. The third-order valence-corrected chi connectivity index (χ3v) is 4.99. The van der Waals surface area contributed by atoms with Crippen molar-refractivity contribution < 1.29 is 28.5 Å².